The van der Waals surface area contributed by atoms with E-state index in [1.165, 1.54) is 37.8 Å². The van der Waals surface area contributed by atoms with E-state index < -0.39 is 0 Å². The van der Waals surface area contributed by atoms with Gasteiger partial charge in [0.1, 0.15) is 0 Å². The number of nitrogens with zero attached hydrogens (tertiary/aromatic N) is 2. The first-order chi connectivity index (χ1) is 9.17. The summed E-state index contributed by atoms with van der Waals surface area (Å²) in [6.07, 6.45) is 9.48. The summed E-state index contributed by atoms with van der Waals surface area (Å²) in [5.74, 6) is 0. The molecule has 0 fully saturated rings. The second-order valence-corrected chi connectivity index (χ2v) is 5.71. The Morgan fingerprint density at radius 1 is 1.21 bits per heavy atom. The number of hydrogen-bond acceptors (Lipinski definition) is 2. The highest BCUT2D eigenvalue weighted by atomic mass is 15.3. The largest absolute Gasteiger partial charge is 0.314 e. The molecule has 0 spiro atoms. The average molecular weight is 265 g/mol. The molecule has 0 aromatic carbocycles. The minimum absolute atomic E-state index is 0.466. The first kappa shape index (κ1) is 16.2. The lowest BCUT2D eigenvalue weighted by Crippen LogP contribution is -2.29. The molecule has 1 heterocycles. The fourth-order valence-corrected chi connectivity index (χ4v) is 2.37. The highest BCUT2D eigenvalue weighted by molar-refractivity contribution is 4.99. The molecule has 0 saturated carbocycles. The normalized spacial score (nSPS) is 13.1. The van der Waals surface area contributed by atoms with E-state index in [1.807, 2.05) is 4.68 Å². The minimum Gasteiger partial charge on any atom is -0.314 e. The molecule has 0 amide bonds. The van der Waals surface area contributed by atoms with Crippen LogP contribution in [0.3, 0.4) is 0 Å². The van der Waals surface area contributed by atoms with Gasteiger partial charge in [0.15, 0.2) is 0 Å². The Hall–Kier alpha value is -0.830. The maximum atomic E-state index is 4.61. The molecule has 1 aromatic rings. The van der Waals surface area contributed by atoms with Crippen LogP contribution >= 0.6 is 0 Å². The molecule has 0 radical (unpaired) electrons. The van der Waals surface area contributed by atoms with Crippen LogP contribution in [-0.4, -0.2) is 22.4 Å². The van der Waals surface area contributed by atoms with Crippen molar-refractivity contribution in [2.75, 3.05) is 6.54 Å². The topological polar surface area (TPSA) is 29.9 Å². The number of nitrogens with one attached hydrogen (secondary N) is 1. The third-order valence-corrected chi connectivity index (χ3v) is 3.50. The van der Waals surface area contributed by atoms with E-state index in [4.69, 9.17) is 0 Å². The van der Waals surface area contributed by atoms with Gasteiger partial charge in [0.05, 0.1) is 5.69 Å². The second-order valence-electron chi connectivity index (χ2n) is 5.71. The van der Waals surface area contributed by atoms with Crippen molar-refractivity contribution in [3.05, 3.63) is 18.0 Å². The summed E-state index contributed by atoms with van der Waals surface area (Å²) in [6.45, 7) is 9.98. The zero-order valence-corrected chi connectivity index (χ0v) is 13.2. The van der Waals surface area contributed by atoms with Gasteiger partial charge in [-0.2, -0.15) is 5.10 Å². The molecule has 110 valence electrons. The summed E-state index contributed by atoms with van der Waals surface area (Å²) in [7, 11) is 0. The molecule has 1 unspecified atom stereocenters. The van der Waals surface area contributed by atoms with Crippen molar-refractivity contribution in [1.29, 1.82) is 0 Å². The zero-order valence-electron chi connectivity index (χ0n) is 13.2. The predicted molar refractivity (Wildman–Crippen MR) is 82.5 cm³/mol. The van der Waals surface area contributed by atoms with Crippen LogP contribution in [-0.2, 0) is 6.42 Å². The molecular formula is C16H31N3. The molecule has 0 aliphatic carbocycles. The number of aromatic nitrogens is 2. The lowest BCUT2D eigenvalue weighted by atomic mass is 10.0. The molecule has 0 saturated heterocycles. The Labute approximate surface area is 118 Å². The van der Waals surface area contributed by atoms with Crippen LogP contribution in [0.1, 0.15) is 71.5 Å². The van der Waals surface area contributed by atoms with E-state index in [0.717, 1.165) is 13.0 Å². The molecule has 19 heavy (non-hydrogen) atoms. The van der Waals surface area contributed by atoms with E-state index in [-0.39, 0.29) is 0 Å². The number of aryl methyl sites for hydroxylation is 1. The summed E-state index contributed by atoms with van der Waals surface area (Å²) < 4.78 is 2.05. The highest BCUT2D eigenvalue weighted by Gasteiger charge is 2.07. The first-order valence-corrected chi connectivity index (χ1v) is 7.94. The monoisotopic (exact) mass is 265 g/mol. The maximum absolute atomic E-state index is 4.61. The van der Waals surface area contributed by atoms with Crippen LogP contribution in [0.15, 0.2) is 12.3 Å². The van der Waals surface area contributed by atoms with E-state index >= 15 is 0 Å². The summed E-state index contributed by atoms with van der Waals surface area (Å²) >= 11 is 0. The first-order valence-electron chi connectivity index (χ1n) is 7.94. The Morgan fingerprint density at radius 3 is 2.58 bits per heavy atom. The van der Waals surface area contributed by atoms with Gasteiger partial charge in [0.2, 0.25) is 0 Å². The van der Waals surface area contributed by atoms with Gasteiger partial charge in [-0.15, -0.1) is 0 Å². The van der Waals surface area contributed by atoms with E-state index in [1.54, 1.807) is 0 Å². The fraction of sp³-hybridized carbons (Fsp3) is 0.812. The van der Waals surface area contributed by atoms with Crippen molar-refractivity contribution in [3.63, 3.8) is 0 Å². The SMILES string of the molecule is CCCNC(CCC)CCCc1ccn(C(C)C)n1. The van der Waals surface area contributed by atoms with Crippen LogP contribution in [0.4, 0.5) is 0 Å². The molecule has 1 rings (SSSR count). The Balaban J connectivity index is 2.29. The minimum atomic E-state index is 0.466. The summed E-state index contributed by atoms with van der Waals surface area (Å²) in [6, 6.07) is 3.32. The van der Waals surface area contributed by atoms with Crippen LogP contribution in [0, 0.1) is 0 Å². The standard InChI is InChI=1S/C16H31N3/c1-5-8-15(17-12-6-2)9-7-10-16-11-13-19(18-16)14(3)4/h11,13-15,17H,5-10,12H2,1-4H3. The van der Waals surface area contributed by atoms with Gasteiger partial charge in [-0.1, -0.05) is 20.3 Å². The molecule has 1 atom stereocenters. The van der Waals surface area contributed by atoms with Crippen molar-refractivity contribution < 1.29 is 0 Å². The van der Waals surface area contributed by atoms with E-state index in [9.17, 15) is 0 Å². The Kier molecular flexibility index (Phi) is 7.80. The maximum Gasteiger partial charge on any atom is 0.0624 e. The smallest absolute Gasteiger partial charge is 0.0624 e. The fourth-order valence-electron chi connectivity index (χ4n) is 2.37. The van der Waals surface area contributed by atoms with Crippen molar-refractivity contribution in [3.8, 4) is 0 Å². The number of hydrogen-bond donors (Lipinski definition) is 1. The molecule has 0 bridgehead atoms. The van der Waals surface area contributed by atoms with Gasteiger partial charge < -0.3 is 5.32 Å². The van der Waals surface area contributed by atoms with E-state index in [0.29, 0.717) is 12.1 Å². The van der Waals surface area contributed by atoms with Crippen LogP contribution in [0.2, 0.25) is 0 Å². The molecule has 0 aliphatic rings. The van der Waals surface area contributed by atoms with Crippen molar-refractivity contribution >= 4 is 0 Å². The van der Waals surface area contributed by atoms with Crippen molar-refractivity contribution in [2.24, 2.45) is 0 Å². The Morgan fingerprint density at radius 2 is 2.00 bits per heavy atom. The molecular weight excluding hydrogens is 234 g/mol. The van der Waals surface area contributed by atoms with Crippen LogP contribution in [0.25, 0.3) is 0 Å². The lowest BCUT2D eigenvalue weighted by Gasteiger charge is -2.17. The molecule has 0 aliphatic heterocycles. The van der Waals surface area contributed by atoms with Gasteiger partial charge >= 0.3 is 0 Å². The van der Waals surface area contributed by atoms with Crippen LogP contribution in [0.5, 0.6) is 0 Å². The second kappa shape index (κ2) is 9.13. The quantitative estimate of drug-likeness (QED) is 0.694. The Bertz CT molecular complexity index is 330. The molecule has 1 N–H and O–H groups in total. The van der Waals surface area contributed by atoms with Gasteiger partial charge in [-0.3, -0.25) is 4.68 Å². The zero-order chi connectivity index (χ0) is 14.1. The van der Waals surface area contributed by atoms with Gasteiger partial charge in [-0.05, 0) is 58.6 Å². The summed E-state index contributed by atoms with van der Waals surface area (Å²) in [5.41, 5.74) is 1.24. The average Bonchev–Trinajstić information content (AvgIpc) is 2.85. The van der Waals surface area contributed by atoms with Crippen LogP contribution < -0.4 is 5.32 Å². The third-order valence-electron chi connectivity index (χ3n) is 3.50. The predicted octanol–water partition coefficient (Wildman–Crippen LogP) is 3.96. The van der Waals surface area contributed by atoms with Crippen molar-refractivity contribution in [2.45, 2.75) is 78.3 Å². The third kappa shape index (κ3) is 6.24. The van der Waals surface area contributed by atoms with Gasteiger partial charge in [-0.25, -0.2) is 0 Å². The van der Waals surface area contributed by atoms with Gasteiger partial charge in [0, 0.05) is 18.3 Å². The number of rotatable bonds is 10. The van der Waals surface area contributed by atoms with Gasteiger partial charge in [0.25, 0.3) is 0 Å². The summed E-state index contributed by atoms with van der Waals surface area (Å²) in [4.78, 5) is 0. The van der Waals surface area contributed by atoms with E-state index in [2.05, 4.69) is 50.4 Å². The van der Waals surface area contributed by atoms with Crippen molar-refractivity contribution in [1.82, 2.24) is 15.1 Å². The molecule has 3 nitrogen and oxygen atoms in total. The molecule has 3 heteroatoms. The highest BCUT2D eigenvalue weighted by Crippen LogP contribution is 2.10. The summed E-state index contributed by atoms with van der Waals surface area (Å²) in [5, 5.41) is 8.27. The lowest BCUT2D eigenvalue weighted by molar-refractivity contribution is 0.436. The molecule has 1 aromatic heterocycles.